The maximum Gasteiger partial charge on any atom is 0.0589 e. The molecule has 0 radical (unpaired) electrons. The first-order valence-electron chi connectivity index (χ1n) is 6.80. The highest BCUT2D eigenvalue weighted by Crippen LogP contribution is 2.27. The standard InChI is InChI=1S/C13H28N2O3/c1-16-10-6-15(7-11-17-2)13(12-14)4-3-8-18-9-5-13/h3-12,14H2,1-2H3. The zero-order valence-corrected chi connectivity index (χ0v) is 11.8. The molecular formula is C13H28N2O3. The van der Waals surface area contributed by atoms with Gasteiger partial charge in [0.2, 0.25) is 0 Å². The third-order valence-electron chi connectivity index (χ3n) is 3.82. The van der Waals surface area contributed by atoms with Gasteiger partial charge in [0.1, 0.15) is 0 Å². The molecule has 1 fully saturated rings. The van der Waals surface area contributed by atoms with Crippen LogP contribution in [-0.4, -0.2) is 70.7 Å². The second-order valence-corrected chi connectivity index (χ2v) is 4.87. The lowest BCUT2D eigenvalue weighted by Crippen LogP contribution is -2.56. The van der Waals surface area contributed by atoms with Gasteiger partial charge in [0, 0.05) is 52.6 Å². The molecule has 0 saturated carbocycles. The van der Waals surface area contributed by atoms with E-state index < -0.39 is 0 Å². The van der Waals surface area contributed by atoms with Gasteiger partial charge in [0.25, 0.3) is 0 Å². The average molecular weight is 260 g/mol. The molecule has 0 bridgehead atoms. The molecule has 0 aliphatic carbocycles. The summed E-state index contributed by atoms with van der Waals surface area (Å²) in [5.74, 6) is 0. The topological polar surface area (TPSA) is 57.0 Å². The summed E-state index contributed by atoms with van der Waals surface area (Å²) < 4.78 is 16.0. The molecular weight excluding hydrogens is 232 g/mol. The number of hydrogen-bond donors (Lipinski definition) is 1. The molecule has 2 N–H and O–H groups in total. The Bertz CT molecular complexity index is 198. The van der Waals surface area contributed by atoms with Crippen LogP contribution in [-0.2, 0) is 14.2 Å². The molecule has 1 unspecified atom stereocenters. The van der Waals surface area contributed by atoms with Crippen molar-refractivity contribution < 1.29 is 14.2 Å². The Morgan fingerprint density at radius 3 is 2.33 bits per heavy atom. The molecule has 0 amide bonds. The molecule has 1 heterocycles. The largest absolute Gasteiger partial charge is 0.383 e. The van der Waals surface area contributed by atoms with Crippen molar-refractivity contribution in [3.63, 3.8) is 0 Å². The van der Waals surface area contributed by atoms with Crippen LogP contribution in [0.5, 0.6) is 0 Å². The van der Waals surface area contributed by atoms with Crippen LogP contribution in [0.3, 0.4) is 0 Å². The van der Waals surface area contributed by atoms with Crippen LogP contribution in [0.4, 0.5) is 0 Å². The Morgan fingerprint density at radius 1 is 1.11 bits per heavy atom. The first kappa shape index (κ1) is 15.9. The van der Waals surface area contributed by atoms with Crippen LogP contribution in [0.1, 0.15) is 19.3 Å². The van der Waals surface area contributed by atoms with Crippen molar-refractivity contribution in [2.45, 2.75) is 24.8 Å². The predicted octanol–water partition coefficient (Wildman–Crippen LogP) is 0.479. The van der Waals surface area contributed by atoms with Crippen molar-refractivity contribution in [1.82, 2.24) is 4.90 Å². The molecule has 0 aromatic carbocycles. The average Bonchev–Trinajstić information content (AvgIpc) is 2.65. The van der Waals surface area contributed by atoms with Crippen molar-refractivity contribution >= 4 is 0 Å². The normalized spacial score (nSPS) is 25.3. The van der Waals surface area contributed by atoms with Gasteiger partial charge in [0.15, 0.2) is 0 Å². The van der Waals surface area contributed by atoms with Crippen molar-refractivity contribution in [3.8, 4) is 0 Å². The molecule has 0 spiro atoms. The quantitative estimate of drug-likeness (QED) is 0.688. The van der Waals surface area contributed by atoms with Gasteiger partial charge in [-0.05, 0) is 19.3 Å². The van der Waals surface area contributed by atoms with Crippen molar-refractivity contribution in [1.29, 1.82) is 0 Å². The van der Waals surface area contributed by atoms with E-state index in [1.807, 2.05) is 0 Å². The van der Waals surface area contributed by atoms with E-state index in [1.165, 1.54) is 0 Å². The first-order valence-corrected chi connectivity index (χ1v) is 6.80. The molecule has 1 saturated heterocycles. The van der Waals surface area contributed by atoms with Crippen molar-refractivity contribution in [2.75, 3.05) is 60.3 Å². The van der Waals surface area contributed by atoms with E-state index in [-0.39, 0.29) is 5.54 Å². The van der Waals surface area contributed by atoms with Crippen LogP contribution in [0.25, 0.3) is 0 Å². The van der Waals surface area contributed by atoms with Gasteiger partial charge in [-0.3, -0.25) is 4.90 Å². The van der Waals surface area contributed by atoms with E-state index in [9.17, 15) is 0 Å². The second kappa shape index (κ2) is 8.82. The summed E-state index contributed by atoms with van der Waals surface area (Å²) in [6.07, 6.45) is 3.17. The van der Waals surface area contributed by atoms with Crippen molar-refractivity contribution in [2.24, 2.45) is 5.73 Å². The lowest BCUT2D eigenvalue weighted by atomic mass is 9.88. The number of methoxy groups -OCH3 is 2. The Morgan fingerprint density at radius 2 is 1.78 bits per heavy atom. The first-order chi connectivity index (χ1) is 8.79. The highest BCUT2D eigenvalue weighted by molar-refractivity contribution is 4.93. The van der Waals surface area contributed by atoms with Crippen LogP contribution < -0.4 is 5.73 Å². The molecule has 0 aromatic rings. The SMILES string of the molecule is COCCN(CCOC)C1(CN)CCCOCC1. The zero-order chi connectivity index (χ0) is 13.3. The fraction of sp³-hybridized carbons (Fsp3) is 1.00. The van der Waals surface area contributed by atoms with E-state index >= 15 is 0 Å². The van der Waals surface area contributed by atoms with Crippen LogP contribution in [0.15, 0.2) is 0 Å². The molecule has 0 aromatic heterocycles. The molecule has 5 nitrogen and oxygen atoms in total. The highest BCUT2D eigenvalue weighted by atomic mass is 16.5. The predicted molar refractivity (Wildman–Crippen MR) is 71.8 cm³/mol. The van der Waals surface area contributed by atoms with Crippen LogP contribution in [0, 0.1) is 0 Å². The summed E-state index contributed by atoms with van der Waals surface area (Å²) in [5.41, 5.74) is 6.12. The third kappa shape index (κ3) is 4.48. The smallest absolute Gasteiger partial charge is 0.0589 e. The zero-order valence-electron chi connectivity index (χ0n) is 11.8. The number of ether oxygens (including phenoxy) is 3. The lowest BCUT2D eigenvalue weighted by molar-refractivity contribution is 0.0239. The Hall–Kier alpha value is -0.200. The van der Waals surface area contributed by atoms with Crippen LogP contribution in [0.2, 0.25) is 0 Å². The Kier molecular flexibility index (Phi) is 7.77. The van der Waals surface area contributed by atoms with E-state index in [0.717, 1.165) is 58.8 Å². The molecule has 18 heavy (non-hydrogen) atoms. The Labute approximate surface area is 111 Å². The summed E-state index contributed by atoms with van der Waals surface area (Å²) in [6, 6.07) is 0. The highest BCUT2D eigenvalue weighted by Gasteiger charge is 2.35. The fourth-order valence-electron chi connectivity index (χ4n) is 2.63. The maximum atomic E-state index is 6.07. The fourth-order valence-corrected chi connectivity index (χ4v) is 2.63. The number of nitrogens with zero attached hydrogens (tertiary/aromatic N) is 1. The van der Waals surface area contributed by atoms with Gasteiger partial charge >= 0.3 is 0 Å². The van der Waals surface area contributed by atoms with E-state index in [2.05, 4.69) is 4.90 Å². The molecule has 1 rings (SSSR count). The minimum Gasteiger partial charge on any atom is -0.383 e. The van der Waals surface area contributed by atoms with Gasteiger partial charge in [-0.15, -0.1) is 0 Å². The molecule has 1 aliphatic heterocycles. The van der Waals surface area contributed by atoms with Gasteiger partial charge < -0.3 is 19.9 Å². The maximum absolute atomic E-state index is 6.07. The summed E-state index contributed by atoms with van der Waals surface area (Å²) in [7, 11) is 3.47. The van der Waals surface area contributed by atoms with Gasteiger partial charge in [0.05, 0.1) is 13.2 Å². The molecule has 108 valence electrons. The van der Waals surface area contributed by atoms with E-state index in [4.69, 9.17) is 19.9 Å². The molecule has 1 aliphatic rings. The van der Waals surface area contributed by atoms with E-state index in [1.54, 1.807) is 14.2 Å². The monoisotopic (exact) mass is 260 g/mol. The minimum absolute atomic E-state index is 0.0492. The second-order valence-electron chi connectivity index (χ2n) is 4.87. The molecule has 1 atom stereocenters. The summed E-state index contributed by atoms with van der Waals surface area (Å²) in [4.78, 5) is 2.43. The van der Waals surface area contributed by atoms with Crippen molar-refractivity contribution in [3.05, 3.63) is 0 Å². The minimum atomic E-state index is 0.0492. The van der Waals surface area contributed by atoms with Gasteiger partial charge in [-0.25, -0.2) is 0 Å². The summed E-state index contributed by atoms with van der Waals surface area (Å²) in [5, 5.41) is 0. The number of nitrogens with two attached hydrogens (primary N) is 1. The number of hydrogen-bond acceptors (Lipinski definition) is 5. The summed E-state index contributed by atoms with van der Waals surface area (Å²) in [6.45, 7) is 5.58. The third-order valence-corrected chi connectivity index (χ3v) is 3.82. The number of rotatable bonds is 8. The van der Waals surface area contributed by atoms with Crippen LogP contribution >= 0.6 is 0 Å². The van der Waals surface area contributed by atoms with Gasteiger partial charge in [-0.1, -0.05) is 0 Å². The van der Waals surface area contributed by atoms with Gasteiger partial charge in [-0.2, -0.15) is 0 Å². The molecule has 5 heteroatoms. The Balaban J connectivity index is 2.68. The lowest BCUT2D eigenvalue weighted by Gasteiger charge is -2.42. The summed E-state index contributed by atoms with van der Waals surface area (Å²) >= 11 is 0. The van der Waals surface area contributed by atoms with E-state index in [0.29, 0.717) is 6.54 Å².